The Morgan fingerprint density at radius 1 is 1.17 bits per heavy atom. The van der Waals surface area contributed by atoms with Gasteiger partial charge in [0.15, 0.2) is 0 Å². The fraction of sp³-hybridized carbons (Fsp3) is 0.364. The summed E-state index contributed by atoms with van der Waals surface area (Å²) in [5, 5.41) is 10.8. The molecule has 1 fully saturated rings. The predicted molar refractivity (Wildman–Crippen MR) is 110 cm³/mol. The number of para-hydroxylation sites is 2. The second kappa shape index (κ2) is 8.94. The van der Waals surface area contributed by atoms with Crippen LogP contribution in [0, 0.1) is 16.0 Å². The van der Waals surface area contributed by atoms with Gasteiger partial charge in [0, 0.05) is 12.1 Å². The van der Waals surface area contributed by atoms with Gasteiger partial charge in [-0.05, 0) is 36.6 Å². The zero-order chi connectivity index (χ0) is 20.9. The Balaban J connectivity index is 1.44. The third-order valence-corrected chi connectivity index (χ3v) is 5.51. The molecule has 0 bridgehead atoms. The Labute approximate surface area is 173 Å². The maximum Gasteiger partial charge on any atom is 0.514 e. The molecule has 0 saturated heterocycles. The van der Waals surface area contributed by atoms with E-state index in [4.69, 9.17) is 9.47 Å². The number of nitro groups is 1. The SMILES string of the molecule is O=C(Oc1ccc([N+](=O)[O-])cc1)O[C@@H](CC1CCCC1)Cn1cnc2ccccc21. The Morgan fingerprint density at radius 3 is 2.63 bits per heavy atom. The number of nitro benzene ring substituents is 1. The van der Waals surface area contributed by atoms with E-state index < -0.39 is 11.1 Å². The number of aromatic nitrogens is 2. The first-order chi connectivity index (χ1) is 14.6. The summed E-state index contributed by atoms with van der Waals surface area (Å²) in [7, 11) is 0. The number of fused-ring (bicyclic) bond motifs is 1. The van der Waals surface area contributed by atoms with Crippen molar-refractivity contribution in [1.29, 1.82) is 0 Å². The maximum atomic E-state index is 12.4. The Bertz CT molecular complexity index is 1020. The predicted octanol–water partition coefficient (Wildman–Crippen LogP) is 5.11. The molecule has 0 radical (unpaired) electrons. The van der Waals surface area contributed by atoms with Crippen molar-refractivity contribution in [3.8, 4) is 5.75 Å². The smallest absolute Gasteiger partial charge is 0.429 e. The van der Waals surface area contributed by atoms with Crippen LogP contribution in [0.4, 0.5) is 10.5 Å². The minimum atomic E-state index is -0.809. The van der Waals surface area contributed by atoms with Crippen molar-refractivity contribution in [1.82, 2.24) is 9.55 Å². The van der Waals surface area contributed by atoms with Gasteiger partial charge in [-0.3, -0.25) is 10.1 Å². The van der Waals surface area contributed by atoms with Crippen LogP contribution in [0.3, 0.4) is 0 Å². The van der Waals surface area contributed by atoms with Gasteiger partial charge in [-0.1, -0.05) is 37.8 Å². The molecular formula is C22H23N3O5. The molecule has 8 heteroatoms. The van der Waals surface area contributed by atoms with Gasteiger partial charge in [0.2, 0.25) is 0 Å². The average molecular weight is 409 g/mol. The van der Waals surface area contributed by atoms with Gasteiger partial charge in [0.25, 0.3) is 5.69 Å². The van der Waals surface area contributed by atoms with Gasteiger partial charge in [-0.15, -0.1) is 0 Å². The largest absolute Gasteiger partial charge is 0.514 e. The second-order valence-electron chi connectivity index (χ2n) is 7.61. The Hall–Kier alpha value is -3.42. The molecule has 1 aliphatic carbocycles. The molecule has 8 nitrogen and oxygen atoms in total. The zero-order valence-electron chi connectivity index (χ0n) is 16.5. The van der Waals surface area contributed by atoms with Crippen LogP contribution in [-0.4, -0.2) is 26.7 Å². The van der Waals surface area contributed by atoms with Crippen molar-refractivity contribution in [2.75, 3.05) is 0 Å². The van der Waals surface area contributed by atoms with Gasteiger partial charge >= 0.3 is 6.16 Å². The van der Waals surface area contributed by atoms with Crippen LogP contribution in [0.5, 0.6) is 5.75 Å². The van der Waals surface area contributed by atoms with E-state index in [1.54, 1.807) is 6.33 Å². The van der Waals surface area contributed by atoms with Crippen molar-refractivity contribution in [3.05, 3.63) is 65.0 Å². The average Bonchev–Trinajstić information content (AvgIpc) is 3.38. The van der Waals surface area contributed by atoms with Crippen LogP contribution in [0.25, 0.3) is 11.0 Å². The lowest BCUT2D eigenvalue weighted by Crippen LogP contribution is -2.27. The van der Waals surface area contributed by atoms with Crippen molar-refractivity contribution >= 4 is 22.9 Å². The minimum Gasteiger partial charge on any atom is -0.429 e. The molecule has 4 rings (SSSR count). The number of non-ortho nitro benzene ring substituents is 1. The highest BCUT2D eigenvalue weighted by atomic mass is 16.7. The lowest BCUT2D eigenvalue weighted by molar-refractivity contribution is -0.384. The van der Waals surface area contributed by atoms with Crippen molar-refractivity contribution in [2.24, 2.45) is 5.92 Å². The molecular weight excluding hydrogens is 386 g/mol. The van der Waals surface area contributed by atoms with Crippen LogP contribution in [0.15, 0.2) is 54.9 Å². The molecule has 1 heterocycles. The highest BCUT2D eigenvalue weighted by molar-refractivity contribution is 5.75. The van der Waals surface area contributed by atoms with E-state index in [0.29, 0.717) is 12.5 Å². The summed E-state index contributed by atoms with van der Waals surface area (Å²) in [6.45, 7) is 0.492. The first-order valence-corrected chi connectivity index (χ1v) is 10.1. The molecule has 0 amide bonds. The third kappa shape index (κ3) is 4.76. The van der Waals surface area contributed by atoms with E-state index in [1.807, 2.05) is 28.8 Å². The zero-order valence-corrected chi connectivity index (χ0v) is 16.5. The number of carbonyl (C=O) groups excluding carboxylic acids is 1. The molecule has 1 saturated carbocycles. The van der Waals surface area contributed by atoms with Crippen LogP contribution in [0.1, 0.15) is 32.1 Å². The van der Waals surface area contributed by atoms with E-state index in [1.165, 1.54) is 37.1 Å². The lowest BCUT2D eigenvalue weighted by Gasteiger charge is -2.21. The van der Waals surface area contributed by atoms with Crippen LogP contribution in [-0.2, 0) is 11.3 Å². The van der Waals surface area contributed by atoms with E-state index in [0.717, 1.165) is 30.3 Å². The Morgan fingerprint density at radius 2 is 1.90 bits per heavy atom. The standard InChI is InChI=1S/C22H23N3O5/c26-22(29-18-11-9-17(10-12-18)25(27)28)30-19(13-16-5-1-2-6-16)14-24-15-23-20-7-3-4-8-21(20)24/h3-4,7-12,15-16,19H,1-2,5-6,13-14H2/t19-/m0/s1. The first kappa shape index (κ1) is 19.9. The van der Waals surface area contributed by atoms with Crippen LogP contribution in [0.2, 0.25) is 0 Å². The number of rotatable bonds is 7. The van der Waals surface area contributed by atoms with Crippen LogP contribution >= 0.6 is 0 Å². The number of hydrogen-bond donors (Lipinski definition) is 0. The lowest BCUT2D eigenvalue weighted by atomic mass is 10.00. The summed E-state index contributed by atoms with van der Waals surface area (Å²) in [5.41, 5.74) is 1.81. The molecule has 1 atom stereocenters. The van der Waals surface area contributed by atoms with E-state index in [9.17, 15) is 14.9 Å². The molecule has 1 aromatic heterocycles. The van der Waals surface area contributed by atoms with Gasteiger partial charge in [0.1, 0.15) is 11.9 Å². The van der Waals surface area contributed by atoms with Crippen molar-refractivity contribution in [3.63, 3.8) is 0 Å². The third-order valence-electron chi connectivity index (χ3n) is 5.51. The fourth-order valence-corrected chi connectivity index (χ4v) is 4.05. The molecule has 3 aromatic rings. The number of imidazole rings is 1. The molecule has 0 aliphatic heterocycles. The highest BCUT2D eigenvalue weighted by Gasteiger charge is 2.25. The summed E-state index contributed by atoms with van der Waals surface area (Å²) in [4.78, 5) is 27.1. The molecule has 1 aliphatic rings. The maximum absolute atomic E-state index is 12.4. The molecule has 2 aromatic carbocycles. The topological polar surface area (TPSA) is 96.5 Å². The normalized spacial score (nSPS) is 15.2. The van der Waals surface area contributed by atoms with E-state index in [-0.39, 0.29) is 17.5 Å². The summed E-state index contributed by atoms with van der Waals surface area (Å²) in [5.74, 6) is 0.732. The summed E-state index contributed by atoms with van der Waals surface area (Å²) in [6, 6.07) is 13.2. The van der Waals surface area contributed by atoms with Crippen molar-refractivity contribution < 1.29 is 19.2 Å². The number of carbonyl (C=O) groups is 1. The number of hydrogen-bond acceptors (Lipinski definition) is 6. The highest BCUT2D eigenvalue weighted by Crippen LogP contribution is 2.30. The summed E-state index contributed by atoms with van der Waals surface area (Å²) in [6.07, 6.45) is 6.06. The van der Waals surface area contributed by atoms with E-state index >= 15 is 0 Å². The molecule has 0 unspecified atom stereocenters. The van der Waals surface area contributed by atoms with Crippen LogP contribution < -0.4 is 4.74 Å². The fourth-order valence-electron chi connectivity index (χ4n) is 4.05. The molecule has 30 heavy (non-hydrogen) atoms. The minimum absolute atomic E-state index is 0.0678. The second-order valence-corrected chi connectivity index (χ2v) is 7.61. The van der Waals surface area contributed by atoms with E-state index in [2.05, 4.69) is 4.98 Å². The molecule has 0 spiro atoms. The van der Waals surface area contributed by atoms with Crippen molar-refractivity contribution in [2.45, 2.75) is 44.8 Å². The monoisotopic (exact) mass is 409 g/mol. The quantitative estimate of drug-likeness (QED) is 0.233. The number of nitrogens with zero attached hydrogens (tertiary/aromatic N) is 3. The summed E-state index contributed by atoms with van der Waals surface area (Å²) < 4.78 is 12.9. The number of ether oxygens (including phenoxy) is 2. The molecule has 0 N–H and O–H groups in total. The number of benzene rings is 2. The van der Waals surface area contributed by atoms with Gasteiger partial charge in [-0.2, -0.15) is 0 Å². The summed E-state index contributed by atoms with van der Waals surface area (Å²) >= 11 is 0. The Kier molecular flexibility index (Phi) is 5.92. The van der Waals surface area contributed by atoms with Gasteiger partial charge < -0.3 is 14.0 Å². The van der Waals surface area contributed by atoms with Gasteiger partial charge in [-0.25, -0.2) is 9.78 Å². The molecule has 156 valence electrons. The first-order valence-electron chi connectivity index (χ1n) is 10.1. The van der Waals surface area contributed by atoms with Gasteiger partial charge in [0.05, 0.1) is 28.8 Å².